The van der Waals surface area contributed by atoms with Crippen LogP contribution >= 0.6 is 0 Å². The summed E-state index contributed by atoms with van der Waals surface area (Å²) in [6, 6.07) is 15.8. The van der Waals surface area contributed by atoms with Crippen LogP contribution in [0.4, 0.5) is 5.69 Å². The topological polar surface area (TPSA) is 70.7 Å². The van der Waals surface area contributed by atoms with Gasteiger partial charge in [-0.15, -0.1) is 0 Å². The second kappa shape index (κ2) is 8.84. The maximum absolute atomic E-state index is 12.7. The lowest BCUT2D eigenvalue weighted by atomic mass is 10.1. The highest BCUT2D eigenvalue weighted by molar-refractivity contribution is 5.96. The third kappa shape index (κ3) is 5.32. The highest BCUT2D eigenvalue weighted by atomic mass is 16.5. The Kier molecular flexibility index (Phi) is 6.54. The Balaban J connectivity index is 2.12. The van der Waals surface area contributed by atoms with Crippen LogP contribution in [-0.4, -0.2) is 44.5 Å². The second-order valence-electron chi connectivity index (χ2n) is 5.73. The molecule has 132 valence electrons. The summed E-state index contributed by atoms with van der Waals surface area (Å²) >= 11 is 0. The number of amides is 2. The van der Waals surface area contributed by atoms with Crippen LogP contribution in [0.2, 0.25) is 0 Å². The van der Waals surface area contributed by atoms with Crippen LogP contribution < -0.4 is 15.4 Å². The Morgan fingerprint density at radius 3 is 2.24 bits per heavy atom. The molecule has 0 aliphatic rings. The van der Waals surface area contributed by atoms with Gasteiger partial charge in [0.1, 0.15) is 11.8 Å². The van der Waals surface area contributed by atoms with E-state index in [2.05, 4.69) is 10.6 Å². The van der Waals surface area contributed by atoms with Gasteiger partial charge in [-0.2, -0.15) is 0 Å². The van der Waals surface area contributed by atoms with Gasteiger partial charge in [-0.3, -0.25) is 14.9 Å². The van der Waals surface area contributed by atoms with Gasteiger partial charge in [-0.25, -0.2) is 0 Å². The molecule has 0 saturated heterocycles. The van der Waals surface area contributed by atoms with Crippen LogP contribution in [0.1, 0.15) is 11.6 Å². The molecule has 0 bridgehead atoms. The fourth-order valence-corrected chi connectivity index (χ4v) is 2.24. The van der Waals surface area contributed by atoms with Crippen molar-refractivity contribution in [2.45, 2.75) is 6.04 Å². The van der Waals surface area contributed by atoms with E-state index in [1.54, 1.807) is 45.5 Å². The molecule has 2 rings (SSSR count). The number of hydrogen-bond donors (Lipinski definition) is 2. The van der Waals surface area contributed by atoms with Crippen molar-refractivity contribution in [3.8, 4) is 5.75 Å². The molecule has 0 spiro atoms. The molecule has 0 aromatic heterocycles. The molecule has 0 aliphatic heterocycles. The van der Waals surface area contributed by atoms with Gasteiger partial charge in [-0.1, -0.05) is 30.3 Å². The number of anilines is 1. The quantitative estimate of drug-likeness (QED) is 0.809. The molecule has 1 unspecified atom stereocenters. The van der Waals surface area contributed by atoms with Crippen molar-refractivity contribution in [2.75, 3.05) is 33.1 Å². The van der Waals surface area contributed by atoms with Crippen LogP contribution in [0.25, 0.3) is 0 Å². The van der Waals surface area contributed by atoms with Gasteiger partial charge in [0.15, 0.2) is 0 Å². The fraction of sp³-hybridized carbons (Fsp3) is 0.263. The van der Waals surface area contributed by atoms with E-state index in [0.717, 1.165) is 5.56 Å². The smallest absolute Gasteiger partial charge is 0.246 e. The molecule has 6 nitrogen and oxygen atoms in total. The first kappa shape index (κ1) is 18.5. The van der Waals surface area contributed by atoms with Crippen molar-refractivity contribution in [3.05, 3.63) is 60.2 Å². The molecule has 2 aromatic rings. The standard InChI is InChI=1S/C19H23N3O3/c1-22(2)17(23)13-20-18(14-7-5-4-6-8-14)19(24)21-15-9-11-16(25-3)12-10-15/h4-12,18,20H,13H2,1-3H3,(H,21,24). The zero-order valence-corrected chi connectivity index (χ0v) is 14.7. The molecule has 2 N–H and O–H groups in total. The van der Waals surface area contributed by atoms with E-state index >= 15 is 0 Å². The lowest BCUT2D eigenvalue weighted by Gasteiger charge is -2.20. The number of nitrogens with one attached hydrogen (secondary N) is 2. The molecule has 0 saturated carbocycles. The Bertz CT molecular complexity index is 700. The predicted molar refractivity (Wildman–Crippen MR) is 97.5 cm³/mol. The molecule has 1 atom stereocenters. The van der Waals surface area contributed by atoms with Gasteiger partial charge in [0.2, 0.25) is 11.8 Å². The van der Waals surface area contributed by atoms with Crippen molar-refractivity contribution in [2.24, 2.45) is 0 Å². The number of ether oxygens (including phenoxy) is 1. The average Bonchev–Trinajstić information content (AvgIpc) is 2.63. The summed E-state index contributed by atoms with van der Waals surface area (Å²) in [6.45, 7) is 0.0720. The summed E-state index contributed by atoms with van der Waals surface area (Å²) in [4.78, 5) is 26.1. The van der Waals surface area contributed by atoms with E-state index in [-0.39, 0.29) is 18.4 Å². The van der Waals surface area contributed by atoms with Gasteiger partial charge in [-0.05, 0) is 29.8 Å². The van der Waals surface area contributed by atoms with Crippen LogP contribution in [-0.2, 0) is 9.59 Å². The molecular formula is C19H23N3O3. The van der Waals surface area contributed by atoms with Gasteiger partial charge in [0.25, 0.3) is 0 Å². The third-order valence-electron chi connectivity index (χ3n) is 3.71. The van der Waals surface area contributed by atoms with Crippen molar-refractivity contribution < 1.29 is 14.3 Å². The highest BCUT2D eigenvalue weighted by Crippen LogP contribution is 2.18. The SMILES string of the molecule is COc1ccc(NC(=O)C(NCC(=O)N(C)C)c2ccccc2)cc1. The van der Waals surface area contributed by atoms with Crippen LogP contribution in [0.15, 0.2) is 54.6 Å². The second-order valence-corrected chi connectivity index (χ2v) is 5.73. The monoisotopic (exact) mass is 341 g/mol. The first-order chi connectivity index (χ1) is 12.0. The summed E-state index contributed by atoms with van der Waals surface area (Å²) in [6.07, 6.45) is 0. The zero-order chi connectivity index (χ0) is 18.2. The number of methoxy groups -OCH3 is 1. The molecule has 2 amide bonds. The first-order valence-electron chi connectivity index (χ1n) is 7.94. The molecule has 25 heavy (non-hydrogen) atoms. The zero-order valence-electron chi connectivity index (χ0n) is 14.7. The van der Waals surface area contributed by atoms with Crippen LogP contribution in [0, 0.1) is 0 Å². The molecular weight excluding hydrogens is 318 g/mol. The van der Waals surface area contributed by atoms with Gasteiger partial charge in [0.05, 0.1) is 13.7 Å². The van der Waals surface area contributed by atoms with Crippen LogP contribution in [0.3, 0.4) is 0 Å². The maximum Gasteiger partial charge on any atom is 0.246 e. The van der Waals surface area contributed by atoms with Crippen molar-refractivity contribution in [1.29, 1.82) is 0 Å². The molecule has 6 heteroatoms. The Morgan fingerprint density at radius 2 is 1.68 bits per heavy atom. The first-order valence-corrected chi connectivity index (χ1v) is 7.94. The van der Waals surface area contributed by atoms with Crippen molar-refractivity contribution in [1.82, 2.24) is 10.2 Å². The predicted octanol–water partition coefficient (Wildman–Crippen LogP) is 2.05. The van der Waals surface area contributed by atoms with Crippen LogP contribution in [0.5, 0.6) is 5.75 Å². The minimum Gasteiger partial charge on any atom is -0.497 e. The minimum atomic E-state index is -0.632. The van der Waals surface area contributed by atoms with E-state index in [9.17, 15) is 9.59 Å². The van der Waals surface area contributed by atoms with E-state index in [0.29, 0.717) is 11.4 Å². The lowest BCUT2D eigenvalue weighted by molar-refractivity contribution is -0.128. The minimum absolute atomic E-state index is 0.0720. The van der Waals surface area contributed by atoms with Gasteiger partial charge < -0.3 is 15.0 Å². The van der Waals surface area contributed by atoms with E-state index in [1.807, 2.05) is 30.3 Å². The highest BCUT2D eigenvalue weighted by Gasteiger charge is 2.21. The fourth-order valence-electron chi connectivity index (χ4n) is 2.24. The Hall–Kier alpha value is -2.86. The number of rotatable bonds is 7. The Labute approximate surface area is 147 Å². The number of likely N-dealkylation sites (N-methyl/N-ethyl adjacent to an activating group) is 1. The summed E-state index contributed by atoms with van der Waals surface area (Å²) < 4.78 is 5.11. The molecule has 0 heterocycles. The Morgan fingerprint density at radius 1 is 1.04 bits per heavy atom. The largest absolute Gasteiger partial charge is 0.497 e. The normalized spacial score (nSPS) is 11.5. The molecule has 0 aliphatic carbocycles. The molecule has 0 radical (unpaired) electrons. The van der Waals surface area contributed by atoms with Crippen molar-refractivity contribution in [3.63, 3.8) is 0 Å². The van der Waals surface area contributed by atoms with Gasteiger partial charge >= 0.3 is 0 Å². The molecule has 0 fully saturated rings. The van der Waals surface area contributed by atoms with E-state index in [4.69, 9.17) is 4.74 Å². The number of carbonyl (C=O) groups excluding carboxylic acids is 2. The summed E-state index contributed by atoms with van der Waals surface area (Å²) in [7, 11) is 4.95. The summed E-state index contributed by atoms with van der Waals surface area (Å²) in [5, 5.41) is 5.89. The summed E-state index contributed by atoms with van der Waals surface area (Å²) in [5.41, 5.74) is 1.45. The lowest BCUT2D eigenvalue weighted by Crippen LogP contribution is -2.39. The number of hydrogen-bond acceptors (Lipinski definition) is 4. The third-order valence-corrected chi connectivity index (χ3v) is 3.71. The van der Waals surface area contributed by atoms with E-state index in [1.165, 1.54) is 4.90 Å². The van der Waals surface area contributed by atoms with Crippen molar-refractivity contribution >= 4 is 17.5 Å². The number of nitrogens with zero attached hydrogens (tertiary/aromatic N) is 1. The average molecular weight is 341 g/mol. The van der Waals surface area contributed by atoms with Gasteiger partial charge in [0, 0.05) is 19.8 Å². The number of benzene rings is 2. The van der Waals surface area contributed by atoms with E-state index < -0.39 is 6.04 Å². The summed E-state index contributed by atoms with van der Waals surface area (Å²) in [5.74, 6) is 0.383. The molecule has 2 aromatic carbocycles. The maximum atomic E-state index is 12.7. The number of carbonyl (C=O) groups is 2.